The van der Waals surface area contributed by atoms with Crippen molar-refractivity contribution in [1.82, 2.24) is 0 Å². The molecule has 2 aromatic rings. The van der Waals surface area contributed by atoms with Crippen LogP contribution in [0.1, 0.15) is 18.1 Å². The molecule has 0 saturated heterocycles. The molecule has 2 amide bonds. The average Bonchev–Trinajstić information content (AvgIpc) is 2.44. The molecule has 0 radical (unpaired) electrons. The number of carbonyl (C=O) groups is 1. The van der Waals surface area contributed by atoms with E-state index in [0.717, 1.165) is 22.0 Å². The Labute approximate surface area is 131 Å². The van der Waals surface area contributed by atoms with E-state index in [1.54, 1.807) is 12.1 Å². The molecule has 0 aromatic heterocycles. The lowest BCUT2D eigenvalue weighted by molar-refractivity contribution is 0.262. The van der Waals surface area contributed by atoms with Gasteiger partial charge in [-0.05, 0) is 54.8 Å². The molecule has 0 fully saturated rings. The van der Waals surface area contributed by atoms with Gasteiger partial charge >= 0.3 is 6.03 Å². The molecule has 0 spiro atoms. The number of anilines is 2. The second-order valence-electron chi connectivity index (χ2n) is 4.72. The Hall–Kier alpha value is -1.88. The lowest BCUT2D eigenvalue weighted by Crippen LogP contribution is -2.21. The number of amides is 2. The fraction of sp³-hybridized carbons (Fsp3) is 0.188. The van der Waals surface area contributed by atoms with E-state index in [-0.39, 0.29) is 5.69 Å². The summed E-state index contributed by atoms with van der Waals surface area (Å²) in [6.45, 7) is 3.84. The van der Waals surface area contributed by atoms with E-state index in [2.05, 4.69) is 26.6 Å². The number of rotatable bonds is 3. The van der Waals surface area contributed by atoms with Crippen LogP contribution < -0.4 is 10.6 Å². The number of urea groups is 1. The summed E-state index contributed by atoms with van der Waals surface area (Å²) in [4.78, 5) is 12.0. The van der Waals surface area contributed by atoms with Crippen LogP contribution in [0, 0.1) is 12.7 Å². The molecule has 2 N–H and O–H groups in total. The van der Waals surface area contributed by atoms with Crippen molar-refractivity contribution in [1.29, 1.82) is 0 Å². The van der Waals surface area contributed by atoms with E-state index in [1.807, 2.05) is 32.0 Å². The molecule has 21 heavy (non-hydrogen) atoms. The standard InChI is InChI=1S/C16H16BrFN2O/c1-3-11-9-12(17)5-7-14(11)19-16(21)20-15-8-10(2)4-6-13(15)18/h4-9H,3H2,1-2H3,(H2,19,20,21). The lowest BCUT2D eigenvalue weighted by Gasteiger charge is -2.12. The highest BCUT2D eigenvalue weighted by atomic mass is 79.9. The molecule has 3 nitrogen and oxygen atoms in total. The second-order valence-corrected chi connectivity index (χ2v) is 5.63. The highest BCUT2D eigenvalue weighted by Gasteiger charge is 2.09. The van der Waals surface area contributed by atoms with E-state index in [9.17, 15) is 9.18 Å². The van der Waals surface area contributed by atoms with Crippen LogP contribution in [0.15, 0.2) is 40.9 Å². The molecule has 110 valence electrons. The first-order chi connectivity index (χ1) is 9.99. The van der Waals surface area contributed by atoms with Crippen molar-refractivity contribution in [2.45, 2.75) is 20.3 Å². The number of carbonyl (C=O) groups excluding carboxylic acids is 1. The highest BCUT2D eigenvalue weighted by molar-refractivity contribution is 9.10. The monoisotopic (exact) mass is 350 g/mol. The fourth-order valence-electron chi connectivity index (χ4n) is 1.99. The Bertz CT molecular complexity index is 673. The van der Waals surface area contributed by atoms with Crippen LogP contribution in [0.5, 0.6) is 0 Å². The van der Waals surface area contributed by atoms with Gasteiger partial charge in [0.25, 0.3) is 0 Å². The first-order valence-corrected chi connectivity index (χ1v) is 7.41. The smallest absolute Gasteiger partial charge is 0.307 e. The fourth-order valence-corrected chi connectivity index (χ4v) is 2.40. The van der Waals surface area contributed by atoms with Crippen LogP contribution >= 0.6 is 15.9 Å². The van der Waals surface area contributed by atoms with Crippen molar-refractivity contribution in [3.63, 3.8) is 0 Å². The van der Waals surface area contributed by atoms with Gasteiger partial charge in [-0.15, -0.1) is 0 Å². The van der Waals surface area contributed by atoms with Gasteiger partial charge in [0.15, 0.2) is 0 Å². The zero-order valence-corrected chi connectivity index (χ0v) is 13.4. The lowest BCUT2D eigenvalue weighted by atomic mass is 10.1. The molecule has 0 bridgehead atoms. The van der Waals surface area contributed by atoms with Gasteiger partial charge in [-0.25, -0.2) is 9.18 Å². The van der Waals surface area contributed by atoms with Gasteiger partial charge in [0.1, 0.15) is 5.82 Å². The number of hydrogen-bond donors (Lipinski definition) is 2. The van der Waals surface area contributed by atoms with Crippen LogP contribution in [-0.4, -0.2) is 6.03 Å². The number of benzene rings is 2. The molecule has 0 aliphatic rings. The zero-order valence-electron chi connectivity index (χ0n) is 11.8. The van der Waals surface area contributed by atoms with Crippen LogP contribution in [-0.2, 0) is 6.42 Å². The molecular weight excluding hydrogens is 335 g/mol. The minimum Gasteiger partial charge on any atom is -0.307 e. The Kier molecular flexibility index (Phi) is 4.96. The van der Waals surface area contributed by atoms with Crippen molar-refractivity contribution >= 4 is 33.3 Å². The predicted octanol–water partition coefficient (Wildman–Crippen LogP) is 5.10. The third-order valence-electron chi connectivity index (χ3n) is 3.07. The molecule has 0 unspecified atom stereocenters. The average molecular weight is 351 g/mol. The quantitative estimate of drug-likeness (QED) is 0.793. The summed E-state index contributed by atoms with van der Waals surface area (Å²) in [6, 6.07) is 9.73. The van der Waals surface area contributed by atoms with Crippen LogP contribution in [0.4, 0.5) is 20.6 Å². The van der Waals surface area contributed by atoms with E-state index in [0.29, 0.717) is 5.69 Å². The molecule has 0 atom stereocenters. The minimum absolute atomic E-state index is 0.169. The Morgan fingerprint density at radius 2 is 1.86 bits per heavy atom. The Balaban J connectivity index is 2.13. The maximum atomic E-state index is 13.6. The van der Waals surface area contributed by atoms with Gasteiger partial charge in [0.2, 0.25) is 0 Å². The highest BCUT2D eigenvalue weighted by Crippen LogP contribution is 2.22. The number of nitrogens with one attached hydrogen (secondary N) is 2. The first kappa shape index (κ1) is 15.5. The summed E-state index contributed by atoms with van der Waals surface area (Å²) in [6.07, 6.45) is 0.786. The van der Waals surface area contributed by atoms with E-state index >= 15 is 0 Å². The normalized spacial score (nSPS) is 10.3. The molecule has 2 aromatic carbocycles. The maximum absolute atomic E-state index is 13.6. The SMILES string of the molecule is CCc1cc(Br)ccc1NC(=O)Nc1cc(C)ccc1F. The molecule has 0 saturated carbocycles. The van der Waals surface area contributed by atoms with Gasteiger partial charge in [-0.3, -0.25) is 0 Å². The minimum atomic E-state index is -0.462. The summed E-state index contributed by atoms with van der Waals surface area (Å²) in [5.41, 5.74) is 2.77. The summed E-state index contributed by atoms with van der Waals surface area (Å²) in [5, 5.41) is 5.27. The van der Waals surface area contributed by atoms with Gasteiger partial charge < -0.3 is 10.6 Å². The van der Waals surface area contributed by atoms with Crippen LogP contribution in [0.2, 0.25) is 0 Å². The summed E-state index contributed by atoms with van der Waals surface area (Å²) in [5.74, 6) is -0.456. The van der Waals surface area contributed by atoms with Gasteiger partial charge in [-0.2, -0.15) is 0 Å². The molecule has 5 heteroatoms. The molecule has 2 rings (SSSR count). The molecule has 0 aliphatic heterocycles. The van der Waals surface area contributed by atoms with Crippen molar-refractivity contribution in [2.24, 2.45) is 0 Å². The molecule has 0 aliphatic carbocycles. The van der Waals surface area contributed by atoms with E-state index in [1.165, 1.54) is 6.07 Å². The van der Waals surface area contributed by atoms with Crippen molar-refractivity contribution < 1.29 is 9.18 Å². The topological polar surface area (TPSA) is 41.1 Å². The van der Waals surface area contributed by atoms with E-state index in [4.69, 9.17) is 0 Å². The van der Waals surface area contributed by atoms with E-state index < -0.39 is 11.8 Å². The second kappa shape index (κ2) is 6.72. The summed E-state index contributed by atoms with van der Waals surface area (Å²) >= 11 is 3.40. The Morgan fingerprint density at radius 3 is 2.57 bits per heavy atom. The third kappa shape index (κ3) is 4.04. The first-order valence-electron chi connectivity index (χ1n) is 6.62. The van der Waals surface area contributed by atoms with Gasteiger partial charge in [0, 0.05) is 10.2 Å². The van der Waals surface area contributed by atoms with Crippen LogP contribution in [0.25, 0.3) is 0 Å². The summed E-state index contributed by atoms with van der Waals surface area (Å²) in [7, 11) is 0. The van der Waals surface area contributed by atoms with Crippen molar-refractivity contribution in [3.8, 4) is 0 Å². The molecular formula is C16H16BrFN2O. The molecule has 0 heterocycles. The van der Waals surface area contributed by atoms with Crippen molar-refractivity contribution in [2.75, 3.05) is 10.6 Å². The third-order valence-corrected chi connectivity index (χ3v) is 3.56. The summed E-state index contributed by atoms with van der Waals surface area (Å²) < 4.78 is 14.6. The zero-order chi connectivity index (χ0) is 15.4. The van der Waals surface area contributed by atoms with Gasteiger partial charge in [-0.1, -0.05) is 28.9 Å². The largest absolute Gasteiger partial charge is 0.323 e. The maximum Gasteiger partial charge on any atom is 0.323 e. The number of aryl methyl sites for hydroxylation is 2. The number of halogens is 2. The predicted molar refractivity (Wildman–Crippen MR) is 87.3 cm³/mol. The Morgan fingerprint density at radius 1 is 1.14 bits per heavy atom. The van der Waals surface area contributed by atoms with Crippen molar-refractivity contribution in [3.05, 3.63) is 57.8 Å². The van der Waals surface area contributed by atoms with Gasteiger partial charge in [0.05, 0.1) is 5.69 Å². The van der Waals surface area contributed by atoms with Crippen LogP contribution in [0.3, 0.4) is 0 Å². The number of hydrogen-bond acceptors (Lipinski definition) is 1.